The van der Waals surface area contributed by atoms with Crippen LogP contribution in [0.4, 0.5) is 5.13 Å². The Morgan fingerprint density at radius 3 is 3.00 bits per heavy atom. The molecule has 0 saturated carbocycles. The van der Waals surface area contributed by atoms with Gasteiger partial charge in [-0.15, -0.1) is 32.9 Å². The van der Waals surface area contributed by atoms with Crippen LogP contribution in [0, 0.1) is 0 Å². The van der Waals surface area contributed by atoms with Gasteiger partial charge in [0, 0.05) is 33.9 Å². The molecule has 6 nitrogen and oxygen atoms in total. The van der Waals surface area contributed by atoms with Crippen LogP contribution in [0.25, 0.3) is 11.4 Å². The maximum atomic E-state index is 12.2. The first kappa shape index (κ1) is 18.6. The number of fused-ring (bicyclic) bond motifs is 1. The molecule has 4 rings (SSSR count). The molecule has 0 saturated heterocycles. The number of nitrogens with zero attached hydrogens (tertiary/aromatic N) is 4. The number of aryl methyl sites for hydroxylation is 1. The molecule has 0 aliphatic heterocycles. The van der Waals surface area contributed by atoms with Gasteiger partial charge in [0.1, 0.15) is 0 Å². The van der Waals surface area contributed by atoms with Crippen molar-refractivity contribution >= 4 is 45.5 Å². The minimum absolute atomic E-state index is 0.0736. The summed E-state index contributed by atoms with van der Waals surface area (Å²) < 4.78 is 2.16. The second-order valence-corrected chi connectivity index (χ2v) is 9.19. The van der Waals surface area contributed by atoms with E-state index < -0.39 is 0 Å². The third-order valence-corrected chi connectivity index (χ3v) is 7.22. The molecule has 0 atom stereocenters. The van der Waals surface area contributed by atoms with Crippen LogP contribution in [0.15, 0.2) is 22.1 Å². The van der Waals surface area contributed by atoms with Crippen LogP contribution >= 0.6 is 34.4 Å². The van der Waals surface area contributed by atoms with E-state index in [1.165, 1.54) is 58.4 Å². The number of nitrogens with one attached hydrogen (secondary N) is 1. The fraction of sp³-hybridized carbons (Fsp3) is 0.444. The summed E-state index contributed by atoms with van der Waals surface area (Å²) in [5, 5.41) is 17.2. The van der Waals surface area contributed by atoms with E-state index in [0.29, 0.717) is 10.9 Å². The van der Waals surface area contributed by atoms with Gasteiger partial charge in [-0.2, -0.15) is 0 Å². The number of hydrogen-bond donors (Lipinski definition) is 1. The highest BCUT2D eigenvalue weighted by molar-refractivity contribution is 7.99. The predicted octanol–water partition coefficient (Wildman–Crippen LogP) is 4.48. The van der Waals surface area contributed by atoms with Gasteiger partial charge in [0.15, 0.2) is 16.1 Å². The van der Waals surface area contributed by atoms with Gasteiger partial charge in [-0.1, -0.05) is 18.7 Å². The van der Waals surface area contributed by atoms with Gasteiger partial charge in [0.05, 0.1) is 5.75 Å². The Labute approximate surface area is 170 Å². The van der Waals surface area contributed by atoms with E-state index in [1.54, 1.807) is 6.20 Å². The number of amides is 1. The van der Waals surface area contributed by atoms with Crippen LogP contribution in [0.1, 0.15) is 36.6 Å². The average Bonchev–Trinajstić information content (AvgIpc) is 3.40. The Morgan fingerprint density at radius 1 is 1.30 bits per heavy atom. The van der Waals surface area contributed by atoms with Gasteiger partial charge >= 0.3 is 0 Å². The number of thiophene rings is 1. The van der Waals surface area contributed by atoms with Crippen molar-refractivity contribution in [3.63, 3.8) is 0 Å². The summed E-state index contributed by atoms with van der Waals surface area (Å²) in [6, 6.07) is 0. The Kier molecular flexibility index (Phi) is 5.89. The zero-order valence-electron chi connectivity index (χ0n) is 15.1. The molecule has 0 unspecified atom stereocenters. The Morgan fingerprint density at radius 2 is 2.19 bits per heavy atom. The third-order valence-electron chi connectivity index (χ3n) is 4.48. The summed E-state index contributed by atoms with van der Waals surface area (Å²) in [7, 11) is 0. The molecule has 3 aromatic rings. The Balaban J connectivity index is 1.52. The fourth-order valence-corrected chi connectivity index (χ4v) is 5.71. The monoisotopic (exact) mass is 419 g/mol. The summed E-state index contributed by atoms with van der Waals surface area (Å²) in [5.74, 6) is 1.16. The highest BCUT2D eigenvalue weighted by atomic mass is 32.2. The van der Waals surface area contributed by atoms with Gasteiger partial charge in [-0.05, 0) is 37.7 Å². The van der Waals surface area contributed by atoms with E-state index in [0.717, 1.165) is 30.4 Å². The normalized spacial score (nSPS) is 13.5. The summed E-state index contributed by atoms with van der Waals surface area (Å²) >= 11 is 4.69. The van der Waals surface area contributed by atoms with E-state index >= 15 is 0 Å². The molecular weight excluding hydrogens is 398 g/mol. The van der Waals surface area contributed by atoms with Crippen molar-refractivity contribution in [2.45, 2.75) is 50.7 Å². The predicted molar refractivity (Wildman–Crippen MR) is 112 cm³/mol. The highest BCUT2D eigenvalue weighted by Crippen LogP contribution is 2.36. The van der Waals surface area contributed by atoms with Crippen LogP contribution in [-0.2, 0) is 24.2 Å². The smallest absolute Gasteiger partial charge is 0.236 e. The van der Waals surface area contributed by atoms with Gasteiger partial charge in [-0.25, -0.2) is 4.98 Å². The van der Waals surface area contributed by atoms with Crippen LogP contribution in [0.3, 0.4) is 0 Å². The minimum Gasteiger partial charge on any atom is -0.302 e. The molecule has 3 aromatic heterocycles. The standard InChI is InChI=1S/C18H21N5OS3/c1-2-8-23-16(13-10-26-14-6-4-3-5-12(13)14)21-22-18(23)27-11-15(24)20-17-19-7-9-25-17/h7,9-10H,2-6,8,11H2,1H3,(H,19,20,24). The summed E-state index contributed by atoms with van der Waals surface area (Å²) in [6.45, 7) is 3.00. The fourth-order valence-electron chi connectivity index (χ4n) is 3.27. The number of aromatic nitrogens is 4. The molecule has 1 N–H and O–H groups in total. The number of thioether (sulfide) groups is 1. The number of rotatable bonds is 7. The molecule has 3 heterocycles. The second kappa shape index (κ2) is 8.53. The maximum absolute atomic E-state index is 12.2. The number of thiazole rings is 1. The zero-order valence-corrected chi connectivity index (χ0v) is 17.6. The Hall–Kier alpha value is -1.71. The lowest BCUT2D eigenvalue weighted by atomic mass is 9.95. The van der Waals surface area contributed by atoms with Crippen LogP contribution in [-0.4, -0.2) is 31.4 Å². The topological polar surface area (TPSA) is 72.7 Å². The van der Waals surface area contributed by atoms with E-state index in [4.69, 9.17) is 0 Å². The highest BCUT2D eigenvalue weighted by Gasteiger charge is 2.22. The van der Waals surface area contributed by atoms with Crippen molar-refractivity contribution in [3.8, 4) is 11.4 Å². The largest absolute Gasteiger partial charge is 0.302 e. The lowest BCUT2D eigenvalue weighted by Gasteiger charge is -2.13. The summed E-state index contributed by atoms with van der Waals surface area (Å²) in [6.07, 6.45) is 7.52. The van der Waals surface area contributed by atoms with Crippen molar-refractivity contribution in [1.82, 2.24) is 19.7 Å². The first-order chi connectivity index (χ1) is 13.3. The minimum atomic E-state index is -0.0736. The third kappa shape index (κ3) is 4.09. The van der Waals surface area contributed by atoms with Gasteiger partial charge in [-0.3, -0.25) is 4.79 Å². The first-order valence-electron chi connectivity index (χ1n) is 9.11. The maximum Gasteiger partial charge on any atom is 0.236 e. The van der Waals surface area contributed by atoms with E-state index in [9.17, 15) is 4.79 Å². The average molecular weight is 420 g/mol. The van der Waals surface area contributed by atoms with Gasteiger partial charge < -0.3 is 9.88 Å². The quantitative estimate of drug-likeness (QED) is 0.572. The zero-order chi connectivity index (χ0) is 18.6. The molecule has 142 valence electrons. The molecule has 0 radical (unpaired) electrons. The number of carbonyl (C=O) groups excluding carboxylic acids is 1. The van der Waals surface area contributed by atoms with Gasteiger partial charge in [0.25, 0.3) is 0 Å². The SMILES string of the molecule is CCCn1c(SCC(=O)Nc2nccs2)nnc1-c1csc2c1CCCC2. The van der Waals surface area contributed by atoms with E-state index in [2.05, 4.69) is 37.4 Å². The summed E-state index contributed by atoms with van der Waals surface area (Å²) in [5.41, 5.74) is 2.68. The van der Waals surface area contributed by atoms with Crippen molar-refractivity contribution in [1.29, 1.82) is 0 Å². The molecule has 0 spiro atoms. The van der Waals surface area contributed by atoms with Crippen molar-refractivity contribution in [2.75, 3.05) is 11.1 Å². The Bertz CT molecular complexity index is 916. The van der Waals surface area contributed by atoms with Crippen molar-refractivity contribution < 1.29 is 4.79 Å². The number of anilines is 1. The second-order valence-electron chi connectivity index (χ2n) is 6.39. The lowest BCUT2D eigenvalue weighted by Crippen LogP contribution is -2.14. The summed E-state index contributed by atoms with van der Waals surface area (Å²) in [4.78, 5) is 17.7. The molecule has 1 aliphatic carbocycles. The van der Waals surface area contributed by atoms with Crippen LogP contribution in [0.5, 0.6) is 0 Å². The van der Waals surface area contributed by atoms with Crippen LogP contribution in [0.2, 0.25) is 0 Å². The number of carbonyl (C=O) groups is 1. The molecule has 0 bridgehead atoms. The molecule has 1 amide bonds. The van der Waals surface area contributed by atoms with E-state index in [-0.39, 0.29) is 5.91 Å². The van der Waals surface area contributed by atoms with Crippen LogP contribution < -0.4 is 5.32 Å². The molecular formula is C18H21N5OS3. The molecule has 0 fully saturated rings. The molecule has 0 aromatic carbocycles. The molecule has 27 heavy (non-hydrogen) atoms. The number of hydrogen-bond acceptors (Lipinski definition) is 7. The lowest BCUT2D eigenvalue weighted by molar-refractivity contribution is -0.113. The van der Waals surface area contributed by atoms with Crippen molar-refractivity contribution in [3.05, 3.63) is 27.4 Å². The first-order valence-corrected chi connectivity index (χ1v) is 11.9. The van der Waals surface area contributed by atoms with E-state index in [1.807, 2.05) is 16.7 Å². The van der Waals surface area contributed by atoms with Crippen molar-refractivity contribution in [2.24, 2.45) is 0 Å². The van der Waals surface area contributed by atoms with Gasteiger partial charge in [0.2, 0.25) is 5.91 Å². The molecule has 1 aliphatic rings. The molecule has 9 heteroatoms.